The Morgan fingerprint density at radius 2 is 1.95 bits per heavy atom. The normalized spacial score (nSPS) is 28.2. The molecule has 0 radical (unpaired) electrons. The number of rotatable bonds is 5. The summed E-state index contributed by atoms with van der Waals surface area (Å²) in [4.78, 5) is 12.7. The first-order chi connectivity index (χ1) is 9.42. The van der Waals surface area contributed by atoms with E-state index in [1.807, 2.05) is 13.8 Å². The van der Waals surface area contributed by atoms with Gasteiger partial charge in [-0.2, -0.15) is 0 Å². The zero-order valence-electron chi connectivity index (χ0n) is 13.1. The topological polar surface area (TPSA) is 87.7 Å². The number of carbonyl (C=O) groups is 1. The van der Waals surface area contributed by atoms with Gasteiger partial charge in [0.1, 0.15) is 5.41 Å². The molecule has 3 unspecified atom stereocenters. The van der Waals surface area contributed by atoms with Crippen LogP contribution in [-0.4, -0.2) is 23.0 Å². The molecule has 0 aromatic rings. The second-order valence-corrected chi connectivity index (χ2v) is 6.12. The van der Waals surface area contributed by atoms with Crippen LogP contribution in [0, 0.1) is 17.3 Å². The fraction of sp³-hybridized carbons (Fsp3) is 0.867. The highest BCUT2D eigenvalue weighted by molar-refractivity contribution is 6.06. The van der Waals surface area contributed by atoms with Gasteiger partial charge in [-0.05, 0) is 31.1 Å². The van der Waals surface area contributed by atoms with Crippen molar-refractivity contribution in [2.45, 2.75) is 65.8 Å². The molecule has 0 heterocycles. The van der Waals surface area contributed by atoms with E-state index in [0.717, 1.165) is 12.8 Å². The Kier molecular flexibility index (Phi) is 5.84. The van der Waals surface area contributed by atoms with Gasteiger partial charge < -0.3 is 16.3 Å². The van der Waals surface area contributed by atoms with Crippen molar-refractivity contribution < 1.29 is 10.0 Å². The van der Waals surface area contributed by atoms with Crippen molar-refractivity contribution in [2.75, 3.05) is 0 Å². The lowest BCUT2D eigenvalue weighted by atomic mass is 9.76. The van der Waals surface area contributed by atoms with Gasteiger partial charge in [0.15, 0.2) is 5.84 Å². The molecule has 116 valence electrons. The standard InChI is InChI=1S/C15H29N3O2/c1-5-15(6-2,13(16)18-20)14(19)17-12-9-7-8-10(3)11(12)4/h10-12,20H,5-9H2,1-4H3,(H2,16,18)(H,17,19). The molecule has 0 aliphatic heterocycles. The van der Waals surface area contributed by atoms with E-state index >= 15 is 0 Å². The lowest BCUT2D eigenvalue weighted by molar-refractivity contribution is -0.129. The minimum absolute atomic E-state index is 0.0107. The number of amidine groups is 1. The van der Waals surface area contributed by atoms with Gasteiger partial charge >= 0.3 is 0 Å². The van der Waals surface area contributed by atoms with Crippen molar-refractivity contribution >= 4 is 11.7 Å². The third kappa shape index (κ3) is 3.07. The molecular formula is C15H29N3O2. The number of hydrogen-bond acceptors (Lipinski definition) is 3. The van der Waals surface area contributed by atoms with Crippen molar-refractivity contribution in [3.63, 3.8) is 0 Å². The highest BCUT2D eigenvalue weighted by Gasteiger charge is 2.41. The van der Waals surface area contributed by atoms with E-state index in [4.69, 9.17) is 10.9 Å². The van der Waals surface area contributed by atoms with Gasteiger partial charge in [0, 0.05) is 6.04 Å². The number of nitrogens with one attached hydrogen (secondary N) is 1. The molecule has 3 atom stereocenters. The number of hydrogen-bond donors (Lipinski definition) is 3. The highest BCUT2D eigenvalue weighted by atomic mass is 16.4. The van der Waals surface area contributed by atoms with E-state index in [9.17, 15) is 4.79 Å². The van der Waals surface area contributed by atoms with Crippen molar-refractivity contribution in [3.05, 3.63) is 0 Å². The first kappa shape index (κ1) is 16.8. The molecule has 5 heteroatoms. The number of amides is 1. The molecule has 1 aliphatic carbocycles. The molecule has 1 amide bonds. The van der Waals surface area contributed by atoms with E-state index in [0.29, 0.717) is 24.7 Å². The number of oxime groups is 1. The van der Waals surface area contributed by atoms with Gasteiger partial charge in [0.05, 0.1) is 0 Å². The van der Waals surface area contributed by atoms with Crippen molar-refractivity contribution in [1.82, 2.24) is 5.32 Å². The van der Waals surface area contributed by atoms with Gasteiger partial charge in [0.25, 0.3) is 0 Å². The summed E-state index contributed by atoms with van der Waals surface area (Å²) in [5, 5.41) is 15.2. The Morgan fingerprint density at radius 3 is 2.45 bits per heavy atom. The maximum absolute atomic E-state index is 12.7. The average Bonchev–Trinajstić information content (AvgIpc) is 2.45. The molecule has 1 aliphatic rings. The third-order valence-corrected chi connectivity index (χ3v) is 5.26. The summed E-state index contributed by atoms with van der Waals surface area (Å²) < 4.78 is 0. The van der Waals surface area contributed by atoms with Crippen molar-refractivity contribution in [1.29, 1.82) is 0 Å². The Morgan fingerprint density at radius 1 is 1.35 bits per heavy atom. The first-order valence-corrected chi connectivity index (χ1v) is 7.71. The number of nitrogens with two attached hydrogens (primary N) is 1. The average molecular weight is 283 g/mol. The zero-order chi connectivity index (χ0) is 15.3. The van der Waals surface area contributed by atoms with Crippen LogP contribution in [0.2, 0.25) is 0 Å². The van der Waals surface area contributed by atoms with E-state index in [1.54, 1.807) is 0 Å². The SMILES string of the molecule is CCC(CC)(C(=O)NC1CCCC(C)C1C)C(N)=NO. The van der Waals surface area contributed by atoms with Crippen molar-refractivity contribution in [3.8, 4) is 0 Å². The maximum atomic E-state index is 12.7. The Balaban J connectivity index is 2.86. The monoisotopic (exact) mass is 283 g/mol. The van der Waals surface area contributed by atoms with Crippen molar-refractivity contribution in [2.24, 2.45) is 28.1 Å². The number of carbonyl (C=O) groups excluding carboxylic acids is 1. The van der Waals surface area contributed by atoms with Gasteiger partial charge in [-0.15, -0.1) is 0 Å². The lowest BCUT2D eigenvalue weighted by Gasteiger charge is -2.37. The Bertz CT molecular complexity index is 364. The van der Waals surface area contributed by atoms with E-state index in [1.165, 1.54) is 6.42 Å². The molecular weight excluding hydrogens is 254 g/mol. The molecule has 0 spiro atoms. The molecule has 1 saturated carbocycles. The van der Waals surface area contributed by atoms with Crippen LogP contribution in [0.25, 0.3) is 0 Å². The molecule has 0 saturated heterocycles. The highest BCUT2D eigenvalue weighted by Crippen LogP contribution is 2.32. The molecule has 4 N–H and O–H groups in total. The van der Waals surface area contributed by atoms with Crippen LogP contribution in [0.15, 0.2) is 5.16 Å². The summed E-state index contributed by atoms with van der Waals surface area (Å²) in [5.74, 6) is 0.988. The first-order valence-electron chi connectivity index (χ1n) is 7.71. The van der Waals surface area contributed by atoms with Gasteiger partial charge in [0.2, 0.25) is 5.91 Å². The minimum atomic E-state index is -0.894. The van der Waals surface area contributed by atoms with Crippen LogP contribution in [0.1, 0.15) is 59.8 Å². The summed E-state index contributed by atoms with van der Waals surface area (Å²) in [6, 6.07) is 0.190. The lowest BCUT2D eigenvalue weighted by Crippen LogP contribution is -2.54. The van der Waals surface area contributed by atoms with Crippen LogP contribution in [0.4, 0.5) is 0 Å². The van der Waals surface area contributed by atoms with Crippen LogP contribution in [-0.2, 0) is 4.79 Å². The quantitative estimate of drug-likeness (QED) is 0.313. The number of nitrogens with zero attached hydrogens (tertiary/aromatic N) is 1. The predicted octanol–water partition coefficient (Wildman–Crippen LogP) is 2.48. The molecule has 0 aromatic carbocycles. The fourth-order valence-electron chi connectivity index (χ4n) is 3.24. The summed E-state index contributed by atoms with van der Waals surface area (Å²) in [6.07, 6.45) is 4.44. The second-order valence-electron chi connectivity index (χ2n) is 6.12. The fourth-order valence-corrected chi connectivity index (χ4v) is 3.24. The Hall–Kier alpha value is -1.26. The van der Waals surface area contributed by atoms with E-state index < -0.39 is 5.41 Å². The molecule has 5 nitrogen and oxygen atoms in total. The summed E-state index contributed by atoms with van der Waals surface area (Å²) in [5.41, 5.74) is 4.89. The molecule has 1 fully saturated rings. The molecule has 1 rings (SSSR count). The Labute approximate surface area is 122 Å². The van der Waals surface area contributed by atoms with E-state index in [2.05, 4.69) is 24.3 Å². The zero-order valence-corrected chi connectivity index (χ0v) is 13.1. The van der Waals surface area contributed by atoms with E-state index in [-0.39, 0.29) is 17.8 Å². The largest absolute Gasteiger partial charge is 0.409 e. The maximum Gasteiger partial charge on any atom is 0.234 e. The summed E-state index contributed by atoms with van der Waals surface area (Å²) >= 11 is 0. The van der Waals surface area contributed by atoms with Gasteiger partial charge in [-0.1, -0.05) is 45.7 Å². The summed E-state index contributed by atoms with van der Waals surface area (Å²) in [6.45, 7) is 8.22. The molecule has 0 bridgehead atoms. The van der Waals surface area contributed by atoms with Gasteiger partial charge in [-0.3, -0.25) is 4.79 Å². The van der Waals surface area contributed by atoms with Gasteiger partial charge in [-0.25, -0.2) is 0 Å². The minimum Gasteiger partial charge on any atom is -0.409 e. The van der Waals surface area contributed by atoms with Crippen LogP contribution >= 0.6 is 0 Å². The van der Waals surface area contributed by atoms with Crippen LogP contribution in [0.3, 0.4) is 0 Å². The van der Waals surface area contributed by atoms with Crippen LogP contribution < -0.4 is 11.1 Å². The smallest absolute Gasteiger partial charge is 0.234 e. The summed E-state index contributed by atoms with van der Waals surface area (Å²) in [7, 11) is 0. The second kappa shape index (κ2) is 6.95. The third-order valence-electron chi connectivity index (χ3n) is 5.26. The molecule has 0 aromatic heterocycles. The van der Waals surface area contributed by atoms with Crippen LogP contribution in [0.5, 0.6) is 0 Å². The molecule has 20 heavy (non-hydrogen) atoms. The predicted molar refractivity (Wildman–Crippen MR) is 80.5 cm³/mol.